The maximum absolute atomic E-state index is 14.2. The number of hydrogen-bond donors (Lipinski definition) is 1. The lowest BCUT2D eigenvalue weighted by atomic mass is 9.88. The number of rotatable bonds is 2. The van der Waals surface area contributed by atoms with Crippen molar-refractivity contribution in [2.24, 2.45) is 0 Å². The third-order valence-electron chi connectivity index (χ3n) is 5.28. The number of nitrogens with zero attached hydrogens (tertiary/aromatic N) is 2. The highest BCUT2D eigenvalue weighted by molar-refractivity contribution is 5.95. The number of carbonyl (C=O) groups is 1. The van der Waals surface area contributed by atoms with Gasteiger partial charge in [-0.15, -0.1) is 0 Å². The van der Waals surface area contributed by atoms with E-state index in [1.54, 1.807) is 30.3 Å². The molecule has 2 saturated heterocycles. The van der Waals surface area contributed by atoms with Gasteiger partial charge in [-0.2, -0.15) is 0 Å². The molecule has 4 rings (SSSR count). The van der Waals surface area contributed by atoms with Crippen molar-refractivity contribution in [1.29, 1.82) is 0 Å². The van der Waals surface area contributed by atoms with Crippen molar-refractivity contribution < 1.29 is 19.0 Å². The predicted octanol–water partition coefficient (Wildman–Crippen LogP) is 2.93. The lowest BCUT2D eigenvalue weighted by Crippen LogP contribution is -2.59. The molecule has 2 aliphatic heterocycles. The first kappa shape index (κ1) is 16.8. The van der Waals surface area contributed by atoms with E-state index in [1.807, 2.05) is 12.1 Å². The number of phenols is 1. The van der Waals surface area contributed by atoms with Crippen LogP contribution in [0.3, 0.4) is 0 Å². The zero-order valence-corrected chi connectivity index (χ0v) is 14.4. The second kappa shape index (κ2) is 6.61. The van der Waals surface area contributed by atoms with Crippen LogP contribution in [0.4, 0.5) is 15.8 Å². The number of amides is 1. The third kappa shape index (κ3) is 3.12. The number of anilines is 2. The van der Waals surface area contributed by atoms with Crippen LogP contribution in [0, 0.1) is 5.82 Å². The van der Waals surface area contributed by atoms with Crippen LogP contribution in [0.1, 0.15) is 12.8 Å². The fourth-order valence-corrected chi connectivity index (χ4v) is 3.74. The monoisotopic (exact) mass is 356 g/mol. The number of aromatic hydroxyl groups is 1. The van der Waals surface area contributed by atoms with E-state index in [4.69, 9.17) is 4.74 Å². The van der Waals surface area contributed by atoms with Crippen molar-refractivity contribution in [3.05, 3.63) is 54.3 Å². The standard InChI is InChI=1S/C20H21FN2O3/c21-17-3-1-2-4-18(17)23-14-20(26-13-19(23)25)9-11-22(12-10-20)15-5-7-16(24)8-6-15/h1-8,24H,9-14H2. The average Bonchev–Trinajstić information content (AvgIpc) is 2.66. The number of halogens is 1. The quantitative estimate of drug-likeness (QED) is 0.899. The Bertz CT molecular complexity index is 801. The number of morpholine rings is 1. The smallest absolute Gasteiger partial charge is 0.253 e. The summed E-state index contributed by atoms with van der Waals surface area (Å²) in [5.41, 5.74) is 0.931. The van der Waals surface area contributed by atoms with E-state index < -0.39 is 5.60 Å². The molecule has 1 N–H and O–H groups in total. The van der Waals surface area contributed by atoms with Gasteiger partial charge in [-0.3, -0.25) is 4.79 Å². The number of piperidine rings is 1. The summed E-state index contributed by atoms with van der Waals surface area (Å²) in [5, 5.41) is 9.43. The second-order valence-corrected chi connectivity index (χ2v) is 6.91. The van der Waals surface area contributed by atoms with Crippen LogP contribution in [0.15, 0.2) is 48.5 Å². The lowest BCUT2D eigenvalue weighted by molar-refractivity contribution is -0.141. The van der Waals surface area contributed by atoms with Crippen molar-refractivity contribution in [1.82, 2.24) is 0 Å². The molecule has 5 nitrogen and oxygen atoms in total. The topological polar surface area (TPSA) is 53.0 Å². The Hall–Kier alpha value is -2.60. The van der Waals surface area contributed by atoms with Crippen molar-refractivity contribution in [3.63, 3.8) is 0 Å². The van der Waals surface area contributed by atoms with Crippen molar-refractivity contribution in [2.45, 2.75) is 18.4 Å². The predicted molar refractivity (Wildman–Crippen MR) is 97.0 cm³/mol. The minimum Gasteiger partial charge on any atom is -0.508 e. The van der Waals surface area contributed by atoms with Gasteiger partial charge in [0.2, 0.25) is 0 Å². The maximum Gasteiger partial charge on any atom is 0.253 e. The SMILES string of the molecule is O=C1COC2(CCN(c3ccc(O)cc3)CC2)CN1c1ccccc1F. The second-order valence-electron chi connectivity index (χ2n) is 6.91. The van der Waals surface area contributed by atoms with Gasteiger partial charge in [-0.05, 0) is 49.2 Å². The molecule has 0 aromatic heterocycles. The molecule has 0 radical (unpaired) electrons. The van der Waals surface area contributed by atoms with Crippen LogP contribution >= 0.6 is 0 Å². The highest BCUT2D eigenvalue weighted by atomic mass is 19.1. The molecule has 1 spiro atoms. The summed E-state index contributed by atoms with van der Waals surface area (Å²) < 4.78 is 20.1. The first-order valence-corrected chi connectivity index (χ1v) is 8.79. The van der Waals surface area contributed by atoms with E-state index in [0.717, 1.165) is 31.6 Å². The van der Waals surface area contributed by atoms with E-state index in [9.17, 15) is 14.3 Å². The molecule has 26 heavy (non-hydrogen) atoms. The van der Waals surface area contributed by atoms with Gasteiger partial charge in [-0.1, -0.05) is 12.1 Å². The molecular weight excluding hydrogens is 335 g/mol. The number of phenolic OH excluding ortho intramolecular Hbond substituents is 1. The molecule has 136 valence electrons. The molecule has 2 aliphatic rings. The summed E-state index contributed by atoms with van der Waals surface area (Å²) in [7, 11) is 0. The first-order chi connectivity index (χ1) is 12.6. The van der Waals surface area contributed by atoms with Crippen LogP contribution in [-0.4, -0.2) is 42.9 Å². The molecule has 2 aromatic carbocycles. The molecule has 0 atom stereocenters. The van der Waals surface area contributed by atoms with Crippen LogP contribution in [0.5, 0.6) is 5.75 Å². The summed E-state index contributed by atoms with van der Waals surface area (Å²) in [6.07, 6.45) is 1.51. The number of hydrogen-bond acceptors (Lipinski definition) is 4. The molecule has 2 heterocycles. The molecule has 0 unspecified atom stereocenters. The van der Waals surface area contributed by atoms with E-state index >= 15 is 0 Å². The van der Waals surface area contributed by atoms with Crippen LogP contribution < -0.4 is 9.80 Å². The molecule has 0 saturated carbocycles. The highest BCUT2D eigenvalue weighted by Gasteiger charge is 2.43. The maximum atomic E-state index is 14.2. The van der Waals surface area contributed by atoms with Gasteiger partial charge in [-0.25, -0.2) is 4.39 Å². The average molecular weight is 356 g/mol. The normalized spacial score (nSPS) is 19.8. The Morgan fingerprint density at radius 3 is 2.42 bits per heavy atom. The van der Waals surface area contributed by atoms with Gasteiger partial charge in [0, 0.05) is 18.8 Å². The number of carbonyl (C=O) groups excluding carboxylic acids is 1. The summed E-state index contributed by atoms with van der Waals surface area (Å²) >= 11 is 0. The van der Waals surface area contributed by atoms with E-state index in [0.29, 0.717) is 12.2 Å². The minimum atomic E-state index is -0.441. The Balaban J connectivity index is 1.49. The van der Waals surface area contributed by atoms with E-state index in [-0.39, 0.29) is 24.1 Å². The molecule has 2 fully saturated rings. The van der Waals surface area contributed by atoms with Gasteiger partial charge in [0.1, 0.15) is 18.2 Å². The van der Waals surface area contributed by atoms with Crippen molar-refractivity contribution >= 4 is 17.3 Å². The van der Waals surface area contributed by atoms with Crippen molar-refractivity contribution in [2.75, 3.05) is 36.0 Å². The van der Waals surface area contributed by atoms with Crippen LogP contribution in [0.25, 0.3) is 0 Å². The van der Waals surface area contributed by atoms with Gasteiger partial charge < -0.3 is 19.6 Å². The van der Waals surface area contributed by atoms with Gasteiger partial charge in [0.15, 0.2) is 0 Å². The third-order valence-corrected chi connectivity index (χ3v) is 5.28. The summed E-state index contributed by atoms with van der Waals surface area (Å²) in [4.78, 5) is 16.0. The molecule has 2 aromatic rings. The van der Waals surface area contributed by atoms with E-state index in [2.05, 4.69) is 4.90 Å². The van der Waals surface area contributed by atoms with Crippen LogP contribution in [-0.2, 0) is 9.53 Å². The fraction of sp³-hybridized carbons (Fsp3) is 0.350. The zero-order valence-electron chi connectivity index (χ0n) is 14.4. The summed E-state index contributed by atoms with van der Waals surface area (Å²) in [5.74, 6) is -0.349. The number of para-hydroxylation sites is 1. The van der Waals surface area contributed by atoms with Crippen molar-refractivity contribution in [3.8, 4) is 5.75 Å². The molecule has 1 amide bonds. The molecule has 0 aliphatic carbocycles. The molecular formula is C20H21FN2O3. The Morgan fingerprint density at radius 1 is 1.04 bits per heavy atom. The molecule has 0 bridgehead atoms. The first-order valence-electron chi connectivity index (χ1n) is 8.79. The number of benzene rings is 2. The number of ether oxygens (including phenoxy) is 1. The lowest BCUT2D eigenvalue weighted by Gasteiger charge is -2.47. The van der Waals surface area contributed by atoms with Crippen LogP contribution in [0.2, 0.25) is 0 Å². The van der Waals surface area contributed by atoms with E-state index in [1.165, 1.54) is 11.0 Å². The minimum absolute atomic E-state index is 0.0203. The van der Waals surface area contributed by atoms with Gasteiger partial charge in [0.25, 0.3) is 5.91 Å². The zero-order chi connectivity index (χ0) is 18.1. The Labute approximate surface area is 151 Å². The summed E-state index contributed by atoms with van der Waals surface area (Å²) in [6.45, 7) is 1.91. The molecule has 6 heteroatoms. The Kier molecular flexibility index (Phi) is 4.28. The largest absolute Gasteiger partial charge is 0.508 e. The van der Waals surface area contributed by atoms with Gasteiger partial charge in [0.05, 0.1) is 17.8 Å². The fourth-order valence-electron chi connectivity index (χ4n) is 3.74. The summed E-state index contributed by atoms with van der Waals surface area (Å²) in [6, 6.07) is 13.5. The highest BCUT2D eigenvalue weighted by Crippen LogP contribution is 2.35. The Morgan fingerprint density at radius 2 is 1.73 bits per heavy atom. The van der Waals surface area contributed by atoms with Gasteiger partial charge >= 0.3 is 0 Å².